The summed E-state index contributed by atoms with van der Waals surface area (Å²) in [6.45, 7) is 7.24. The van der Waals surface area contributed by atoms with Gasteiger partial charge in [0, 0.05) is 12.2 Å². The van der Waals surface area contributed by atoms with Crippen LogP contribution in [0, 0.1) is 5.92 Å². The quantitative estimate of drug-likeness (QED) is 0.531. The van der Waals surface area contributed by atoms with Crippen LogP contribution in [0.15, 0.2) is 24.3 Å². The summed E-state index contributed by atoms with van der Waals surface area (Å²) < 4.78 is 16.4. The first kappa shape index (κ1) is 16.9. The minimum Gasteiger partial charge on any atom is -0.491 e. The van der Waals surface area contributed by atoms with Crippen molar-refractivity contribution in [3.63, 3.8) is 0 Å². The number of hydrogen-bond donors (Lipinski definition) is 1. The third kappa shape index (κ3) is 7.43. The van der Waals surface area contributed by atoms with E-state index in [0.29, 0.717) is 37.3 Å². The van der Waals surface area contributed by atoms with Crippen molar-refractivity contribution < 1.29 is 14.2 Å². The van der Waals surface area contributed by atoms with Crippen molar-refractivity contribution in [3.8, 4) is 5.75 Å². The van der Waals surface area contributed by atoms with E-state index in [1.54, 1.807) is 0 Å². The van der Waals surface area contributed by atoms with E-state index in [9.17, 15) is 0 Å². The number of hydrogen-bond acceptors (Lipinski definition) is 4. The Balaban J connectivity index is 2.09. The van der Waals surface area contributed by atoms with Crippen LogP contribution in [0.2, 0.25) is 0 Å². The lowest BCUT2D eigenvalue weighted by Gasteiger charge is -2.09. The van der Waals surface area contributed by atoms with Crippen molar-refractivity contribution in [2.45, 2.75) is 13.8 Å². The standard InChI is InChI=1S/C15H23NO3S/c1-12(2)11-18-7-6-17-8-9-19-14-5-3-4-13(10-14)15(16)20/h3-5,10,12H,6-9,11H2,1-2H3,(H2,16,20). The lowest BCUT2D eigenvalue weighted by Crippen LogP contribution is -2.13. The SMILES string of the molecule is CC(C)COCCOCCOc1cccc(C(N)=S)c1. The first-order valence-electron chi connectivity index (χ1n) is 6.77. The molecule has 1 aromatic rings. The Labute approximate surface area is 126 Å². The Kier molecular flexibility index (Phi) is 8.18. The molecule has 0 aliphatic rings. The molecule has 0 unspecified atom stereocenters. The maximum atomic E-state index is 5.56. The van der Waals surface area contributed by atoms with Gasteiger partial charge in [-0.15, -0.1) is 0 Å². The summed E-state index contributed by atoms with van der Waals surface area (Å²) in [7, 11) is 0. The van der Waals surface area contributed by atoms with Crippen molar-refractivity contribution in [3.05, 3.63) is 29.8 Å². The van der Waals surface area contributed by atoms with Crippen LogP contribution in [0.4, 0.5) is 0 Å². The Bertz CT molecular complexity index is 410. The molecule has 0 aliphatic carbocycles. The number of rotatable bonds is 10. The highest BCUT2D eigenvalue weighted by Gasteiger charge is 1.99. The average Bonchev–Trinajstić information content (AvgIpc) is 2.41. The van der Waals surface area contributed by atoms with Crippen LogP contribution in [0.5, 0.6) is 5.75 Å². The predicted octanol–water partition coefficient (Wildman–Crippen LogP) is 2.39. The van der Waals surface area contributed by atoms with Crippen LogP contribution in [0.25, 0.3) is 0 Å². The minimum absolute atomic E-state index is 0.369. The zero-order valence-corrected chi connectivity index (χ0v) is 12.9. The molecule has 0 spiro atoms. The van der Waals surface area contributed by atoms with Crippen molar-refractivity contribution in [2.75, 3.05) is 33.0 Å². The average molecular weight is 297 g/mol. The molecule has 0 amide bonds. The molecule has 0 fully saturated rings. The van der Waals surface area contributed by atoms with Crippen LogP contribution >= 0.6 is 12.2 Å². The second-order valence-corrected chi connectivity index (χ2v) is 5.26. The number of benzene rings is 1. The fraction of sp³-hybridized carbons (Fsp3) is 0.533. The van der Waals surface area contributed by atoms with Gasteiger partial charge in [-0.3, -0.25) is 0 Å². The van der Waals surface area contributed by atoms with E-state index in [-0.39, 0.29) is 0 Å². The van der Waals surface area contributed by atoms with Gasteiger partial charge in [0.2, 0.25) is 0 Å². The van der Waals surface area contributed by atoms with Gasteiger partial charge in [0.1, 0.15) is 17.3 Å². The summed E-state index contributed by atoms with van der Waals surface area (Å²) >= 11 is 4.92. The first-order valence-corrected chi connectivity index (χ1v) is 7.18. The topological polar surface area (TPSA) is 53.7 Å². The van der Waals surface area contributed by atoms with E-state index in [0.717, 1.165) is 17.9 Å². The van der Waals surface area contributed by atoms with Crippen molar-refractivity contribution in [1.29, 1.82) is 0 Å². The molecule has 0 aromatic heterocycles. The fourth-order valence-corrected chi connectivity index (χ4v) is 1.62. The smallest absolute Gasteiger partial charge is 0.120 e. The molecule has 20 heavy (non-hydrogen) atoms. The summed E-state index contributed by atoms with van der Waals surface area (Å²) in [5.41, 5.74) is 6.37. The molecule has 2 N–H and O–H groups in total. The zero-order valence-electron chi connectivity index (χ0n) is 12.1. The Morgan fingerprint density at radius 2 is 1.85 bits per heavy atom. The first-order chi connectivity index (χ1) is 9.59. The largest absolute Gasteiger partial charge is 0.491 e. The van der Waals surface area contributed by atoms with E-state index in [1.807, 2.05) is 24.3 Å². The zero-order chi connectivity index (χ0) is 14.8. The Hall–Kier alpha value is -1.17. The second-order valence-electron chi connectivity index (χ2n) is 4.82. The summed E-state index contributed by atoms with van der Waals surface area (Å²) in [5, 5.41) is 0. The molecule has 0 radical (unpaired) electrons. The normalized spacial score (nSPS) is 10.8. The summed E-state index contributed by atoms with van der Waals surface area (Å²) in [5.74, 6) is 1.30. The van der Waals surface area contributed by atoms with Gasteiger partial charge < -0.3 is 19.9 Å². The summed E-state index contributed by atoms with van der Waals surface area (Å²) in [4.78, 5) is 0.369. The van der Waals surface area contributed by atoms with Gasteiger partial charge in [-0.05, 0) is 18.1 Å². The highest BCUT2D eigenvalue weighted by atomic mass is 32.1. The highest BCUT2D eigenvalue weighted by molar-refractivity contribution is 7.80. The molecule has 112 valence electrons. The Morgan fingerprint density at radius 3 is 2.55 bits per heavy atom. The summed E-state index contributed by atoms with van der Waals surface area (Å²) in [6, 6.07) is 7.42. The van der Waals surface area contributed by atoms with Crippen LogP contribution in [-0.2, 0) is 9.47 Å². The molecular formula is C15H23NO3S. The van der Waals surface area contributed by atoms with Crippen LogP contribution in [-0.4, -0.2) is 38.0 Å². The van der Waals surface area contributed by atoms with Crippen LogP contribution in [0.3, 0.4) is 0 Å². The molecule has 5 heteroatoms. The molecule has 0 saturated heterocycles. The molecule has 1 rings (SSSR count). The lowest BCUT2D eigenvalue weighted by atomic mass is 10.2. The fourth-order valence-electron chi connectivity index (χ4n) is 1.50. The van der Waals surface area contributed by atoms with E-state index in [4.69, 9.17) is 32.2 Å². The third-order valence-corrected chi connectivity index (χ3v) is 2.67. The van der Waals surface area contributed by atoms with Gasteiger partial charge in [0.15, 0.2) is 0 Å². The van der Waals surface area contributed by atoms with E-state index < -0.39 is 0 Å². The molecular weight excluding hydrogens is 274 g/mol. The van der Waals surface area contributed by atoms with Crippen LogP contribution < -0.4 is 10.5 Å². The molecule has 0 bridgehead atoms. The van der Waals surface area contributed by atoms with Gasteiger partial charge in [0.05, 0.1) is 19.8 Å². The van der Waals surface area contributed by atoms with Crippen LogP contribution in [0.1, 0.15) is 19.4 Å². The number of ether oxygens (including phenoxy) is 3. The van der Waals surface area contributed by atoms with Gasteiger partial charge in [-0.1, -0.05) is 38.2 Å². The van der Waals surface area contributed by atoms with Gasteiger partial charge >= 0.3 is 0 Å². The van der Waals surface area contributed by atoms with E-state index in [2.05, 4.69) is 13.8 Å². The molecule has 0 atom stereocenters. The maximum Gasteiger partial charge on any atom is 0.120 e. The van der Waals surface area contributed by atoms with Crippen molar-refractivity contribution >= 4 is 17.2 Å². The highest BCUT2D eigenvalue weighted by Crippen LogP contribution is 2.12. The van der Waals surface area contributed by atoms with E-state index in [1.165, 1.54) is 0 Å². The Morgan fingerprint density at radius 1 is 1.15 bits per heavy atom. The maximum absolute atomic E-state index is 5.56. The second kappa shape index (κ2) is 9.69. The third-order valence-electron chi connectivity index (χ3n) is 2.44. The van der Waals surface area contributed by atoms with Gasteiger partial charge in [-0.25, -0.2) is 0 Å². The molecule has 0 heterocycles. The van der Waals surface area contributed by atoms with E-state index >= 15 is 0 Å². The monoisotopic (exact) mass is 297 g/mol. The van der Waals surface area contributed by atoms with Crippen molar-refractivity contribution in [2.24, 2.45) is 11.7 Å². The predicted molar refractivity (Wildman–Crippen MR) is 84.3 cm³/mol. The molecule has 1 aromatic carbocycles. The molecule has 0 saturated carbocycles. The van der Waals surface area contributed by atoms with Gasteiger partial charge in [-0.2, -0.15) is 0 Å². The summed E-state index contributed by atoms with van der Waals surface area (Å²) in [6.07, 6.45) is 0. The number of nitrogens with two attached hydrogens (primary N) is 1. The van der Waals surface area contributed by atoms with Crippen molar-refractivity contribution in [1.82, 2.24) is 0 Å². The minimum atomic E-state index is 0.369. The number of thiocarbonyl (C=S) groups is 1. The molecule has 0 aliphatic heterocycles. The molecule has 4 nitrogen and oxygen atoms in total. The lowest BCUT2D eigenvalue weighted by molar-refractivity contribution is 0.0282. The van der Waals surface area contributed by atoms with Gasteiger partial charge in [0.25, 0.3) is 0 Å².